The molecule has 0 aromatic heterocycles. The monoisotopic (exact) mass is 291 g/mol. The lowest BCUT2D eigenvalue weighted by molar-refractivity contribution is 0.204. The van der Waals surface area contributed by atoms with Gasteiger partial charge in [-0.1, -0.05) is 6.07 Å². The highest BCUT2D eigenvalue weighted by Gasteiger charge is 2.18. The normalized spacial score (nSPS) is 16.8. The zero-order valence-electron chi connectivity index (χ0n) is 11.9. The van der Waals surface area contributed by atoms with Gasteiger partial charge in [-0.15, -0.1) is 11.8 Å². The second kappa shape index (κ2) is 7.53. The predicted molar refractivity (Wildman–Crippen MR) is 83.3 cm³/mol. The molecule has 0 radical (unpaired) electrons. The average molecular weight is 291 g/mol. The molecule has 0 spiro atoms. The number of hydrogen-bond acceptors (Lipinski definition) is 5. The number of benzene rings is 1. The molecule has 108 valence electrons. The maximum absolute atomic E-state index is 9.43. The van der Waals surface area contributed by atoms with E-state index >= 15 is 0 Å². The van der Waals surface area contributed by atoms with Crippen LogP contribution >= 0.6 is 11.8 Å². The van der Waals surface area contributed by atoms with Gasteiger partial charge in [-0.05, 0) is 31.4 Å². The van der Waals surface area contributed by atoms with Gasteiger partial charge >= 0.3 is 0 Å². The minimum atomic E-state index is 0.214. The first-order chi connectivity index (χ1) is 9.80. The number of aliphatic hydroxyl groups is 1. The Balaban J connectivity index is 2.18. The Morgan fingerprint density at radius 1 is 1.30 bits per heavy atom. The fraction of sp³-hybridized carbons (Fsp3) is 0.533. The molecule has 0 amide bonds. The van der Waals surface area contributed by atoms with Crippen LogP contribution in [0.25, 0.3) is 0 Å². The van der Waals surface area contributed by atoms with Crippen LogP contribution in [0.4, 0.5) is 5.69 Å². The van der Waals surface area contributed by atoms with Gasteiger partial charge in [-0.25, -0.2) is 0 Å². The first kappa shape index (κ1) is 15.2. The first-order valence-corrected chi connectivity index (χ1v) is 8.18. The largest absolute Gasteiger partial charge is 0.395 e. The second-order valence-electron chi connectivity index (χ2n) is 4.87. The fourth-order valence-electron chi connectivity index (χ4n) is 2.64. The van der Waals surface area contributed by atoms with Crippen molar-refractivity contribution in [3.05, 3.63) is 23.8 Å². The molecule has 5 heteroatoms. The summed E-state index contributed by atoms with van der Waals surface area (Å²) in [6, 6.07) is 8.42. The molecule has 1 aliphatic heterocycles. The Hall–Kier alpha value is -1.22. The van der Waals surface area contributed by atoms with E-state index in [2.05, 4.69) is 15.9 Å². The summed E-state index contributed by atoms with van der Waals surface area (Å²) >= 11 is 1.62. The van der Waals surface area contributed by atoms with Gasteiger partial charge in [0.1, 0.15) is 6.07 Å². The van der Waals surface area contributed by atoms with E-state index in [0.29, 0.717) is 0 Å². The average Bonchev–Trinajstić information content (AvgIpc) is 2.72. The van der Waals surface area contributed by atoms with Crippen LogP contribution in [0, 0.1) is 11.3 Å². The highest BCUT2D eigenvalue weighted by molar-refractivity contribution is 7.98. The molecule has 1 aromatic rings. The molecule has 0 unspecified atom stereocenters. The minimum Gasteiger partial charge on any atom is -0.395 e. The van der Waals surface area contributed by atoms with E-state index in [9.17, 15) is 5.26 Å². The number of β-amino-alcohol motifs (C(OH)–C–C–N with tert-alkyl or cyclic N) is 1. The van der Waals surface area contributed by atoms with Gasteiger partial charge in [0.25, 0.3) is 0 Å². The Bertz CT molecular complexity index is 486. The standard InChI is InChI=1S/C15H21N3OS/c1-20-15-5-2-4-14(13(15)12-16)18-7-3-6-17(8-9-18)10-11-19/h2,4-5,19H,3,6-11H2,1H3. The summed E-state index contributed by atoms with van der Waals surface area (Å²) in [4.78, 5) is 5.63. The van der Waals surface area contributed by atoms with Crippen molar-refractivity contribution < 1.29 is 5.11 Å². The predicted octanol–water partition coefficient (Wildman–Crippen LogP) is 1.78. The molecule has 0 bridgehead atoms. The zero-order chi connectivity index (χ0) is 14.4. The summed E-state index contributed by atoms with van der Waals surface area (Å²) < 4.78 is 0. The lowest BCUT2D eigenvalue weighted by Gasteiger charge is -2.25. The smallest absolute Gasteiger partial charge is 0.103 e. The zero-order valence-corrected chi connectivity index (χ0v) is 12.7. The molecule has 0 aliphatic carbocycles. The molecular formula is C15H21N3OS. The number of hydrogen-bond donors (Lipinski definition) is 1. The quantitative estimate of drug-likeness (QED) is 0.857. The molecule has 1 fully saturated rings. The minimum absolute atomic E-state index is 0.214. The summed E-state index contributed by atoms with van der Waals surface area (Å²) in [5, 5.41) is 18.5. The van der Waals surface area contributed by atoms with Gasteiger partial charge < -0.3 is 10.0 Å². The Labute approximate surface area is 125 Å². The molecule has 20 heavy (non-hydrogen) atoms. The number of aliphatic hydroxyl groups excluding tert-OH is 1. The van der Waals surface area contributed by atoms with E-state index < -0.39 is 0 Å². The van der Waals surface area contributed by atoms with E-state index in [-0.39, 0.29) is 6.61 Å². The van der Waals surface area contributed by atoms with E-state index in [1.807, 2.05) is 24.5 Å². The van der Waals surface area contributed by atoms with Crippen molar-refractivity contribution >= 4 is 17.4 Å². The molecule has 0 saturated carbocycles. The maximum atomic E-state index is 9.43. The lowest BCUT2D eigenvalue weighted by Crippen LogP contribution is -2.32. The number of thioether (sulfide) groups is 1. The molecule has 1 heterocycles. The van der Waals surface area contributed by atoms with E-state index in [4.69, 9.17) is 5.11 Å². The molecule has 1 aliphatic rings. The SMILES string of the molecule is CSc1cccc(N2CCCN(CCO)CC2)c1C#N. The molecule has 4 nitrogen and oxygen atoms in total. The maximum Gasteiger partial charge on any atom is 0.103 e. The fourth-order valence-corrected chi connectivity index (χ4v) is 3.21. The number of nitrogens with zero attached hydrogens (tertiary/aromatic N) is 3. The molecular weight excluding hydrogens is 270 g/mol. The Morgan fingerprint density at radius 3 is 2.85 bits per heavy atom. The molecule has 1 N–H and O–H groups in total. The number of anilines is 1. The van der Waals surface area contributed by atoms with Gasteiger partial charge in [0.2, 0.25) is 0 Å². The van der Waals surface area contributed by atoms with Crippen molar-refractivity contribution in [3.8, 4) is 6.07 Å². The first-order valence-electron chi connectivity index (χ1n) is 6.95. The van der Waals surface area contributed by atoms with Crippen molar-refractivity contribution in [2.75, 3.05) is 50.5 Å². The summed E-state index contributed by atoms with van der Waals surface area (Å²) in [5.41, 5.74) is 1.83. The number of rotatable bonds is 4. The third-order valence-electron chi connectivity index (χ3n) is 3.68. The lowest BCUT2D eigenvalue weighted by atomic mass is 10.1. The van der Waals surface area contributed by atoms with E-state index in [1.54, 1.807) is 11.8 Å². The third kappa shape index (κ3) is 3.45. The highest BCUT2D eigenvalue weighted by atomic mass is 32.2. The molecule has 1 aromatic carbocycles. The van der Waals surface area contributed by atoms with Gasteiger partial charge in [-0.3, -0.25) is 4.90 Å². The van der Waals surface area contributed by atoms with Crippen LogP contribution in [0.3, 0.4) is 0 Å². The van der Waals surface area contributed by atoms with Crippen LogP contribution < -0.4 is 4.90 Å². The van der Waals surface area contributed by atoms with Crippen molar-refractivity contribution in [2.45, 2.75) is 11.3 Å². The molecule has 1 saturated heterocycles. The van der Waals surface area contributed by atoms with Crippen LogP contribution in [0.2, 0.25) is 0 Å². The summed E-state index contributed by atoms with van der Waals surface area (Å²) in [5.74, 6) is 0. The third-order valence-corrected chi connectivity index (χ3v) is 4.46. The highest BCUT2D eigenvalue weighted by Crippen LogP contribution is 2.29. The van der Waals surface area contributed by atoms with Gasteiger partial charge in [-0.2, -0.15) is 5.26 Å². The van der Waals surface area contributed by atoms with E-state index in [1.165, 1.54) is 0 Å². The van der Waals surface area contributed by atoms with Crippen molar-refractivity contribution in [3.63, 3.8) is 0 Å². The van der Waals surface area contributed by atoms with Gasteiger partial charge in [0.15, 0.2) is 0 Å². The van der Waals surface area contributed by atoms with Crippen LogP contribution in [0.5, 0.6) is 0 Å². The molecule has 0 atom stereocenters. The number of nitriles is 1. The summed E-state index contributed by atoms with van der Waals surface area (Å²) in [6.07, 6.45) is 3.07. The molecule has 2 rings (SSSR count). The topological polar surface area (TPSA) is 50.5 Å². The summed E-state index contributed by atoms with van der Waals surface area (Å²) in [6.45, 7) is 4.78. The van der Waals surface area contributed by atoms with Crippen molar-refractivity contribution in [1.82, 2.24) is 4.90 Å². The second-order valence-corrected chi connectivity index (χ2v) is 5.72. The Morgan fingerprint density at radius 2 is 2.15 bits per heavy atom. The Kier molecular flexibility index (Phi) is 5.72. The van der Waals surface area contributed by atoms with Crippen molar-refractivity contribution in [1.29, 1.82) is 5.26 Å². The van der Waals surface area contributed by atoms with Crippen LogP contribution in [0.1, 0.15) is 12.0 Å². The van der Waals surface area contributed by atoms with E-state index in [0.717, 1.165) is 55.3 Å². The van der Waals surface area contributed by atoms with Crippen LogP contribution in [-0.2, 0) is 0 Å². The van der Waals surface area contributed by atoms with Crippen LogP contribution in [0.15, 0.2) is 23.1 Å². The van der Waals surface area contributed by atoms with Crippen molar-refractivity contribution in [2.24, 2.45) is 0 Å². The van der Waals surface area contributed by atoms with Gasteiger partial charge in [0.05, 0.1) is 17.9 Å². The van der Waals surface area contributed by atoms with Crippen LogP contribution in [-0.4, -0.2) is 55.6 Å². The summed E-state index contributed by atoms with van der Waals surface area (Å²) in [7, 11) is 0. The van der Waals surface area contributed by atoms with Gasteiger partial charge in [0, 0.05) is 31.1 Å².